The summed E-state index contributed by atoms with van der Waals surface area (Å²) in [5, 5.41) is 3.60. The number of urea groups is 1. The van der Waals surface area contributed by atoms with E-state index in [-0.39, 0.29) is 6.03 Å². The van der Waals surface area contributed by atoms with Crippen LogP contribution >= 0.6 is 11.3 Å². The zero-order valence-electron chi connectivity index (χ0n) is 15.9. The molecule has 0 spiro atoms. The van der Waals surface area contributed by atoms with Crippen LogP contribution in [0.1, 0.15) is 25.7 Å². The lowest BCUT2D eigenvalue weighted by Gasteiger charge is -2.29. The van der Waals surface area contributed by atoms with E-state index in [0.29, 0.717) is 11.2 Å². The van der Waals surface area contributed by atoms with Crippen molar-refractivity contribution < 1.29 is 14.3 Å². The first kappa shape index (κ1) is 18.3. The van der Waals surface area contributed by atoms with Crippen molar-refractivity contribution in [3.63, 3.8) is 0 Å². The summed E-state index contributed by atoms with van der Waals surface area (Å²) in [6, 6.07) is 4.26. The Morgan fingerprint density at radius 3 is 2.78 bits per heavy atom. The predicted molar refractivity (Wildman–Crippen MR) is 108 cm³/mol. The highest BCUT2D eigenvalue weighted by Crippen LogP contribution is 2.39. The maximum atomic E-state index is 12.6. The van der Waals surface area contributed by atoms with Gasteiger partial charge in [-0.15, -0.1) is 0 Å². The first-order chi connectivity index (χ1) is 13.2. The number of anilines is 2. The van der Waals surface area contributed by atoms with Crippen molar-refractivity contribution in [2.75, 3.05) is 50.7 Å². The molecule has 2 heterocycles. The highest BCUT2D eigenvalue weighted by Gasteiger charge is 2.25. The summed E-state index contributed by atoms with van der Waals surface area (Å²) in [7, 11) is 3.52. The molecule has 1 aliphatic carbocycles. The summed E-state index contributed by atoms with van der Waals surface area (Å²) in [6.45, 7) is 3.15. The van der Waals surface area contributed by atoms with Crippen molar-refractivity contribution in [1.29, 1.82) is 0 Å². The SMILES string of the molecule is COc1ccc(N2CCOCC2)c2sc(NC(=O)N(C)C3CCCC3)nc12. The summed E-state index contributed by atoms with van der Waals surface area (Å²) in [4.78, 5) is 21.4. The van der Waals surface area contributed by atoms with Crippen LogP contribution in [0.3, 0.4) is 0 Å². The predicted octanol–water partition coefficient (Wildman–Crippen LogP) is 3.55. The van der Waals surface area contributed by atoms with E-state index in [1.807, 2.05) is 18.0 Å². The van der Waals surface area contributed by atoms with Gasteiger partial charge >= 0.3 is 6.03 Å². The third-order valence-electron chi connectivity index (χ3n) is 5.46. The molecule has 1 aromatic heterocycles. The van der Waals surface area contributed by atoms with Crippen LogP contribution in [0.15, 0.2) is 12.1 Å². The van der Waals surface area contributed by atoms with Crippen LogP contribution in [-0.4, -0.2) is 62.4 Å². The number of hydrogen-bond donors (Lipinski definition) is 1. The van der Waals surface area contributed by atoms with Crippen LogP contribution in [0.4, 0.5) is 15.6 Å². The molecule has 2 fully saturated rings. The highest BCUT2D eigenvalue weighted by atomic mass is 32.1. The molecule has 4 rings (SSSR count). The van der Waals surface area contributed by atoms with E-state index in [9.17, 15) is 4.79 Å². The lowest BCUT2D eigenvalue weighted by Crippen LogP contribution is -2.38. The van der Waals surface area contributed by atoms with Gasteiger partial charge in [0.15, 0.2) is 5.13 Å². The summed E-state index contributed by atoms with van der Waals surface area (Å²) < 4.78 is 12.0. The minimum atomic E-state index is -0.0900. The van der Waals surface area contributed by atoms with Crippen LogP contribution in [0, 0.1) is 0 Å². The second kappa shape index (κ2) is 7.90. The van der Waals surface area contributed by atoms with E-state index >= 15 is 0 Å². The van der Waals surface area contributed by atoms with Crippen LogP contribution in [-0.2, 0) is 4.74 Å². The number of nitrogens with zero attached hydrogens (tertiary/aromatic N) is 3. The number of fused-ring (bicyclic) bond motifs is 1. The van der Waals surface area contributed by atoms with Crippen molar-refractivity contribution in [1.82, 2.24) is 9.88 Å². The molecule has 2 amide bonds. The Labute approximate surface area is 163 Å². The summed E-state index contributed by atoms with van der Waals surface area (Å²) in [6.07, 6.45) is 4.56. The fourth-order valence-corrected chi connectivity index (χ4v) is 4.89. The van der Waals surface area contributed by atoms with Gasteiger partial charge in [-0.05, 0) is 25.0 Å². The van der Waals surface area contributed by atoms with Gasteiger partial charge in [0.25, 0.3) is 0 Å². The molecule has 0 radical (unpaired) electrons. The molecule has 0 bridgehead atoms. The van der Waals surface area contributed by atoms with Gasteiger partial charge in [0, 0.05) is 26.2 Å². The molecule has 0 atom stereocenters. The average molecular weight is 391 g/mol. The number of morpholine rings is 1. The van der Waals surface area contributed by atoms with E-state index in [1.54, 1.807) is 7.11 Å². The number of thiazole rings is 1. The molecular weight excluding hydrogens is 364 g/mol. The molecule has 1 saturated carbocycles. The van der Waals surface area contributed by atoms with Gasteiger partial charge in [0.2, 0.25) is 0 Å². The number of benzene rings is 1. The van der Waals surface area contributed by atoms with E-state index in [1.165, 1.54) is 24.2 Å². The topological polar surface area (TPSA) is 66.9 Å². The van der Waals surface area contributed by atoms with Crippen LogP contribution in [0.2, 0.25) is 0 Å². The molecular formula is C19H26N4O3S. The Balaban J connectivity index is 1.60. The number of rotatable bonds is 4. The normalized spacial score (nSPS) is 18.1. The zero-order chi connectivity index (χ0) is 18.8. The Morgan fingerprint density at radius 1 is 1.33 bits per heavy atom. The molecule has 146 valence electrons. The minimum absolute atomic E-state index is 0.0900. The molecule has 0 unspecified atom stereocenters. The molecule has 1 aliphatic heterocycles. The lowest BCUT2D eigenvalue weighted by molar-refractivity contribution is 0.123. The van der Waals surface area contributed by atoms with Gasteiger partial charge in [-0.1, -0.05) is 24.2 Å². The quantitative estimate of drug-likeness (QED) is 0.865. The van der Waals surface area contributed by atoms with Crippen LogP contribution in [0.5, 0.6) is 5.75 Å². The molecule has 8 heteroatoms. The summed E-state index contributed by atoms with van der Waals surface area (Å²) in [5.74, 6) is 0.725. The number of methoxy groups -OCH3 is 1. The van der Waals surface area contributed by atoms with Gasteiger partial charge in [0.1, 0.15) is 11.3 Å². The van der Waals surface area contributed by atoms with Crippen LogP contribution < -0.4 is 15.0 Å². The lowest BCUT2D eigenvalue weighted by atomic mass is 10.2. The second-order valence-electron chi connectivity index (χ2n) is 7.06. The van der Waals surface area contributed by atoms with Crippen molar-refractivity contribution in [2.24, 2.45) is 0 Å². The number of amides is 2. The average Bonchev–Trinajstić information content (AvgIpc) is 3.37. The van der Waals surface area contributed by atoms with Crippen molar-refractivity contribution in [3.8, 4) is 5.75 Å². The Kier molecular flexibility index (Phi) is 5.36. The monoisotopic (exact) mass is 390 g/mol. The van der Waals surface area contributed by atoms with Crippen molar-refractivity contribution in [2.45, 2.75) is 31.7 Å². The number of hydrogen-bond acceptors (Lipinski definition) is 6. The number of ether oxygens (including phenoxy) is 2. The maximum Gasteiger partial charge on any atom is 0.323 e. The minimum Gasteiger partial charge on any atom is -0.494 e. The van der Waals surface area contributed by atoms with Crippen molar-refractivity contribution in [3.05, 3.63) is 12.1 Å². The van der Waals surface area contributed by atoms with Gasteiger partial charge < -0.3 is 19.3 Å². The second-order valence-corrected chi connectivity index (χ2v) is 8.06. The molecule has 1 aromatic carbocycles. The molecule has 1 saturated heterocycles. The fourth-order valence-electron chi connectivity index (χ4n) is 3.88. The van der Waals surface area contributed by atoms with Gasteiger partial charge in [-0.3, -0.25) is 5.32 Å². The number of carbonyl (C=O) groups excluding carboxylic acids is 1. The van der Waals surface area contributed by atoms with Crippen LogP contribution in [0.25, 0.3) is 10.2 Å². The largest absolute Gasteiger partial charge is 0.494 e. The Morgan fingerprint density at radius 2 is 2.07 bits per heavy atom. The number of carbonyl (C=O) groups is 1. The van der Waals surface area contributed by atoms with E-state index in [4.69, 9.17) is 9.47 Å². The number of nitrogens with one attached hydrogen (secondary N) is 1. The molecule has 27 heavy (non-hydrogen) atoms. The van der Waals surface area contributed by atoms with E-state index in [0.717, 1.165) is 60.8 Å². The first-order valence-corrected chi connectivity index (χ1v) is 10.3. The first-order valence-electron chi connectivity index (χ1n) is 9.51. The standard InChI is InChI=1S/C19H26N4O3S/c1-22(13-5-3-4-6-13)19(24)21-18-20-16-15(25-2)8-7-14(17(16)27-18)23-9-11-26-12-10-23/h7-8,13H,3-6,9-12H2,1-2H3,(H,20,21,24). The zero-order valence-corrected chi connectivity index (χ0v) is 16.7. The van der Waals surface area contributed by atoms with E-state index in [2.05, 4.69) is 21.3 Å². The maximum absolute atomic E-state index is 12.6. The summed E-state index contributed by atoms with van der Waals surface area (Å²) >= 11 is 1.50. The molecule has 1 N–H and O–H groups in total. The molecule has 7 nitrogen and oxygen atoms in total. The third-order valence-corrected chi connectivity index (χ3v) is 6.46. The fraction of sp³-hybridized carbons (Fsp3) is 0.579. The smallest absolute Gasteiger partial charge is 0.323 e. The summed E-state index contributed by atoms with van der Waals surface area (Å²) in [5.41, 5.74) is 1.92. The van der Waals surface area contributed by atoms with Crippen molar-refractivity contribution >= 4 is 38.4 Å². The molecule has 2 aromatic rings. The Hall–Kier alpha value is -2.06. The van der Waals surface area contributed by atoms with Gasteiger partial charge in [0.05, 0.1) is 30.7 Å². The third kappa shape index (κ3) is 3.68. The number of aromatic nitrogens is 1. The van der Waals surface area contributed by atoms with E-state index < -0.39 is 0 Å². The Bertz CT molecular complexity index is 813. The molecule has 2 aliphatic rings. The highest BCUT2D eigenvalue weighted by molar-refractivity contribution is 7.23. The van der Waals surface area contributed by atoms with Gasteiger partial charge in [-0.2, -0.15) is 0 Å². The van der Waals surface area contributed by atoms with Gasteiger partial charge in [-0.25, -0.2) is 9.78 Å².